The van der Waals surface area contributed by atoms with Crippen molar-refractivity contribution in [3.8, 4) is 5.75 Å². The van der Waals surface area contributed by atoms with E-state index in [0.717, 1.165) is 11.6 Å². The molecule has 1 amide bonds. The van der Waals surface area contributed by atoms with Gasteiger partial charge in [-0.15, -0.1) is 0 Å². The van der Waals surface area contributed by atoms with Crippen LogP contribution in [0.5, 0.6) is 5.75 Å². The minimum Gasteiger partial charge on any atom is -0.494 e. The summed E-state index contributed by atoms with van der Waals surface area (Å²) in [6.07, 6.45) is 3.51. The summed E-state index contributed by atoms with van der Waals surface area (Å²) >= 11 is 0. The minimum atomic E-state index is -0.794. The van der Waals surface area contributed by atoms with Crippen LogP contribution in [0.4, 0.5) is 10.1 Å². The van der Waals surface area contributed by atoms with E-state index in [1.165, 1.54) is 13.2 Å². The van der Waals surface area contributed by atoms with Gasteiger partial charge in [0.05, 0.1) is 30.2 Å². The van der Waals surface area contributed by atoms with Gasteiger partial charge in [0.1, 0.15) is 0 Å². The maximum Gasteiger partial charge on any atom is 0.277 e. The second kappa shape index (κ2) is 7.31. The van der Waals surface area contributed by atoms with Crippen LogP contribution >= 0.6 is 0 Å². The van der Waals surface area contributed by atoms with Crippen LogP contribution in [0.15, 0.2) is 24.5 Å². The first-order valence-corrected chi connectivity index (χ1v) is 8.31. The zero-order valence-electron chi connectivity index (χ0n) is 15.0. The molecular formula is C17H20FN5O4. The van der Waals surface area contributed by atoms with Gasteiger partial charge in [0.2, 0.25) is 5.91 Å². The Bertz CT molecular complexity index is 884. The van der Waals surface area contributed by atoms with E-state index in [9.17, 15) is 19.3 Å². The fourth-order valence-electron chi connectivity index (χ4n) is 3.55. The molecule has 144 valence electrons. The molecule has 3 rings (SSSR count). The topological polar surface area (TPSA) is 117 Å². The number of primary amides is 1. The number of nitro benzene ring substituents is 1. The van der Waals surface area contributed by atoms with Gasteiger partial charge >= 0.3 is 0 Å². The van der Waals surface area contributed by atoms with Crippen molar-refractivity contribution in [2.75, 3.05) is 20.2 Å². The van der Waals surface area contributed by atoms with Crippen molar-refractivity contribution in [3.63, 3.8) is 0 Å². The number of nitrogens with zero attached hydrogens (tertiary/aromatic N) is 4. The van der Waals surface area contributed by atoms with E-state index >= 15 is 0 Å². The second-order valence-corrected chi connectivity index (χ2v) is 6.63. The number of carbonyl (C=O) groups excluding carboxylic acids is 1. The van der Waals surface area contributed by atoms with Gasteiger partial charge in [-0.05, 0) is 11.6 Å². The molecule has 1 saturated heterocycles. The predicted molar refractivity (Wildman–Crippen MR) is 93.5 cm³/mol. The predicted octanol–water partition coefficient (Wildman–Crippen LogP) is 1.18. The van der Waals surface area contributed by atoms with Crippen molar-refractivity contribution < 1.29 is 18.8 Å². The highest BCUT2D eigenvalue weighted by molar-refractivity contribution is 5.78. The Labute approximate surface area is 154 Å². The summed E-state index contributed by atoms with van der Waals surface area (Å²) in [5.74, 6) is -1.88. The van der Waals surface area contributed by atoms with E-state index in [-0.39, 0.29) is 23.9 Å². The third-order valence-electron chi connectivity index (χ3n) is 4.86. The van der Waals surface area contributed by atoms with Crippen LogP contribution < -0.4 is 10.5 Å². The molecule has 1 aliphatic heterocycles. The molecule has 9 nitrogen and oxygen atoms in total. The third-order valence-corrected chi connectivity index (χ3v) is 4.86. The Kier molecular flexibility index (Phi) is 5.08. The number of hydrogen-bond donors (Lipinski definition) is 1. The molecule has 0 spiro atoms. The molecule has 10 heteroatoms. The smallest absolute Gasteiger partial charge is 0.277 e. The highest BCUT2D eigenvalue weighted by Gasteiger charge is 2.38. The lowest BCUT2D eigenvalue weighted by atomic mass is 9.90. The van der Waals surface area contributed by atoms with Gasteiger partial charge in [-0.2, -0.15) is 5.10 Å². The van der Waals surface area contributed by atoms with Crippen LogP contribution in [0.1, 0.15) is 17.0 Å². The van der Waals surface area contributed by atoms with E-state index in [4.69, 9.17) is 10.5 Å². The summed E-state index contributed by atoms with van der Waals surface area (Å²) in [6.45, 7) is 1.01. The molecule has 0 saturated carbocycles. The number of amides is 1. The number of likely N-dealkylation sites (tertiary alicyclic amines) is 1. The molecular weight excluding hydrogens is 357 g/mol. The van der Waals surface area contributed by atoms with Crippen LogP contribution in [0.25, 0.3) is 0 Å². The van der Waals surface area contributed by atoms with Gasteiger partial charge in [-0.3, -0.25) is 24.5 Å². The number of ether oxygens (including phenoxy) is 1. The number of nitrogens with two attached hydrogens (primary N) is 1. The number of halogens is 1. The molecule has 2 N–H and O–H groups in total. The van der Waals surface area contributed by atoms with Crippen molar-refractivity contribution in [3.05, 3.63) is 51.6 Å². The van der Waals surface area contributed by atoms with Crippen LogP contribution in [0, 0.1) is 21.8 Å². The number of hydrogen-bond acceptors (Lipinski definition) is 6. The maximum atomic E-state index is 13.8. The first-order chi connectivity index (χ1) is 12.8. The molecule has 0 unspecified atom stereocenters. The summed E-state index contributed by atoms with van der Waals surface area (Å²) in [6, 6.07) is 2.18. The lowest BCUT2D eigenvalue weighted by Gasteiger charge is -2.16. The van der Waals surface area contributed by atoms with E-state index < -0.39 is 22.6 Å². The monoisotopic (exact) mass is 377 g/mol. The summed E-state index contributed by atoms with van der Waals surface area (Å²) in [4.78, 5) is 24.5. The van der Waals surface area contributed by atoms with Crippen LogP contribution in [0.2, 0.25) is 0 Å². The van der Waals surface area contributed by atoms with Gasteiger partial charge in [0.25, 0.3) is 5.69 Å². The van der Waals surface area contributed by atoms with Gasteiger partial charge in [-0.25, -0.2) is 4.39 Å². The molecule has 0 aliphatic carbocycles. The second-order valence-electron chi connectivity index (χ2n) is 6.63. The first-order valence-electron chi connectivity index (χ1n) is 8.31. The zero-order chi connectivity index (χ0) is 19.7. The van der Waals surface area contributed by atoms with Crippen molar-refractivity contribution in [2.45, 2.75) is 12.5 Å². The SMILES string of the molecule is COc1cc(CN2C[C@H](C(N)=O)[C@@H](c3cnn(C)c3)C2)c([N+](=O)[O-])cc1F. The largest absolute Gasteiger partial charge is 0.494 e. The number of benzene rings is 1. The lowest BCUT2D eigenvalue weighted by Crippen LogP contribution is -2.29. The number of carbonyl (C=O) groups is 1. The normalized spacial score (nSPS) is 20.0. The molecule has 2 aromatic rings. The molecule has 2 atom stereocenters. The quantitative estimate of drug-likeness (QED) is 0.597. The minimum absolute atomic E-state index is 0.0648. The molecule has 2 heterocycles. The Hall–Kier alpha value is -3.01. The van der Waals surface area contributed by atoms with E-state index in [0.29, 0.717) is 18.7 Å². The molecule has 27 heavy (non-hydrogen) atoms. The highest BCUT2D eigenvalue weighted by Crippen LogP contribution is 2.35. The Balaban J connectivity index is 1.88. The van der Waals surface area contributed by atoms with Gasteiger partial charge in [0.15, 0.2) is 11.6 Å². The van der Waals surface area contributed by atoms with Crippen LogP contribution in [-0.2, 0) is 18.4 Å². The van der Waals surface area contributed by atoms with Gasteiger partial charge in [0, 0.05) is 44.4 Å². The molecule has 1 aromatic heterocycles. The average molecular weight is 377 g/mol. The third kappa shape index (κ3) is 3.75. The fraction of sp³-hybridized carbons (Fsp3) is 0.412. The lowest BCUT2D eigenvalue weighted by molar-refractivity contribution is -0.385. The molecule has 1 aromatic carbocycles. The van der Waals surface area contributed by atoms with Crippen LogP contribution in [-0.4, -0.2) is 45.7 Å². The van der Waals surface area contributed by atoms with Gasteiger partial charge in [-0.1, -0.05) is 0 Å². The molecule has 1 aliphatic rings. The van der Waals surface area contributed by atoms with E-state index in [1.807, 2.05) is 11.1 Å². The number of nitro groups is 1. The standard InChI is InChI=1S/C17H20FN5O4/c1-21-6-11(5-20-21)12-8-22(9-13(12)17(19)24)7-10-3-16(27-2)14(18)4-15(10)23(25)26/h3-6,12-13H,7-9H2,1-2H3,(H2,19,24)/t12-,13+/m1/s1. The number of rotatable bonds is 6. The summed E-state index contributed by atoms with van der Waals surface area (Å²) < 4.78 is 20.4. The zero-order valence-corrected chi connectivity index (χ0v) is 15.0. The van der Waals surface area contributed by atoms with Gasteiger partial charge < -0.3 is 10.5 Å². The summed E-state index contributed by atoms with van der Waals surface area (Å²) in [5, 5.41) is 15.4. The average Bonchev–Trinajstić information content (AvgIpc) is 3.22. The highest BCUT2D eigenvalue weighted by atomic mass is 19.1. The molecule has 1 fully saturated rings. The number of aromatic nitrogens is 2. The Morgan fingerprint density at radius 1 is 1.48 bits per heavy atom. The fourth-order valence-corrected chi connectivity index (χ4v) is 3.55. The maximum absolute atomic E-state index is 13.8. The Morgan fingerprint density at radius 2 is 2.22 bits per heavy atom. The van der Waals surface area contributed by atoms with Crippen LogP contribution in [0.3, 0.4) is 0 Å². The first kappa shape index (κ1) is 18.8. The number of aryl methyl sites for hydroxylation is 1. The molecule has 0 bridgehead atoms. The van der Waals surface area contributed by atoms with Crippen molar-refractivity contribution in [2.24, 2.45) is 18.7 Å². The summed E-state index contributed by atoms with van der Waals surface area (Å²) in [7, 11) is 3.08. The number of methoxy groups -OCH3 is 1. The molecule has 0 radical (unpaired) electrons. The van der Waals surface area contributed by atoms with Crippen molar-refractivity contribution in [1.29, 1.82) is 0 Å². The Morgan fingerprint density at radius 3 is 2.78 bits per heavy atom. The van der Waals surface area contributed by atoms with E-state index in [1.54, 1.807) is 17.9 Å². The van der Waals surface area contributed by atoms with E-state index in [2.05, 4.69) is 5.10 Å². The van der Waals surface area contributed by atoms with Crippen molar-refractivity contribution in [1.82, 2.24) is 14.7 Å². The summed E-state index contributed by atoms with van der Waals surface area (Å²) in [5.41, 5.74) is 6.43. The van der Waals surface area contributed by atoms with Crippen molar-refractivity contribution >= 4 is 11.6 Å².